The molecule has 0 saturated carbocycles. The Morgan fingerprint density at radius 2 is 2.30 bits per heavy atom. The Morgan fingerprint density at radius 3 is 2.70 bits per heavy atom. The first kappa shape index (κ1) is 8.12. The lowest BCUT2D eigenvalue weighted by molar-refractivity contribution is 0.296. The predicted molar refractivity (Wildman–Crippen MR) is 48.2 cm³/mol. The minimum atomic E-state index is 0.510. The molecule has 2 heteroatoms. The number of nitrogens with one attached hydrogen (secondary N) is 1. The standard InChI is InChI=1S/C8H18BN/c1-8(2,6-9)7-4-3-5-10-7/h7,10H,3-6,9H2,1-2H3. The van der Waals surface area contributed by atoms with Gasteiger partial charge in [-0.05, 0) is 24.8 Å². The first-order valence-electron chi connectivity index (χ1n) is 4.40. The topological polar surface area (TPSA) is 12.0 Å². The largest absolute Gasteiger partial charge is 0.313 e. The van der Waals surface area contributed by atoms with Crippen LogP contribution in [0, 0.1) is 5.41 Å². The molecule has 58 valence electrons. The molecule has 1 aliphatic rings. The zero-order valence-corrected chi connectivity index (χ0v) is 7.41. The third kappa shape index (κ3) is 1.54. The van der Waals surface area contributed by atoms with Crippen LogP contribution >= 0.6 is 0 Å². The van der Waals surface area contributed by atoms with Gasteiger partial charge in [0.05, 0.1) is 0 Å². The molecule has 1 heterocycles. The summed E-state index contributed by atoms with van der Waals surface area (Å²) in [6, 6.07) is 0.775. The molecule has 0 spiro atoms. The van der Waals surface area contributed by atoms with E-state index in [2.05, 4.69) is 27.0 Å². The second-order valence-corrected chi connectivity index (χ2v) is 3.99. The van der Waals surface area contributed by atoms with Crippen molar-refractivity contribution in [3.05, 3.63) is 0 Å². The van der Waals surface area contributed by atoms with Crippen LogP contribution in [-0.2, 0) is 0 Å². The first-order chi connectivity index (χ1) is 4.67. The number of rotatable bonds is 2. The van der Waals surface area contributed by atoms with Gasteiger partial charge in [0, 0.05) is 6.04 Å². The van der Waals surface area contributed by atoms with E-state index in [-0.39, 0.29) is 0 Å². The maximum absolute atomic E-state index is 3.55. The lowest BCUT2D eigenvalue weighted by Gasteiger charge is -2.30. The van der Waals surface area contributed by atoms with Crippen molar-refractivity contribution < 1.29 is 0 Å². The molecule has 1 saturated heterocycles. The van der Waals surface area contributed by atoms with E-state index in [4.69, 9.17) is 0 Å². The van der Waals surface area contributed by atoms with Gasteiger partial charge in [0.2, 0.25) is 0 Å². The monoisotopic (exact) mass is 139 g/mol. The first-order valence-corrected chi connectivity index (χ1v) is 4.40. The maximum atomic E-state index is 3.55. The van der Waals surface area contributed by atoms with E-state index in [1.54, 1.807) is 0 Å². The highest BCUT2D eigenvalue weighted by Crippen LogP contribution is 2.29. The summed E-state index contributed by atoms with van der Waals surface area (Å²) in [6.45, 7) is 5.94. The zero-order chi connectivity index (χ0) is 7.61. The van der Waals surface area contributed by atoms with Gasteiger partial charge in [0.15, 0.2) is 0 Å². The summed E-state index contributed by atoms with van der Waals surface area (Å²) in [6.07, 6.45) is 4.03. The van der Waals surface area contributed by atoms with Crippen molar-refractivity contribution in [2.75, 3.05) is 6.54 Å². The van der Waals surface area contributed by atoms with Crippen molar-refractivity contribution in [2.45, 2.75) is 39.1 Å². The highest BCUT2D eigenvalue weighted by molar-refractivity contribution is 6.09. The van der Waals surface area contributed by atoms with Gasteiger partial charge >= 0.3 is 0 Å². The second-order valence-electron chi connectivity index (χ2n) is 3.99. The molecule has 1 fully saturated rings. The molecular formula is C8H18BN. The molecule has 1 unspecified atom stereocenters. The van der Waals surface area contributed by atoms with Crippen molar-refractivity contribution in [1.29, 1.82) is 0 Å². The van der Waals surface area contributed by atoms with Crippen molar-refractivity contribution in [2.24, 2.45) is 5.41 Å². The Kier molecular flexibility index (Phi) is 2.40. The third-order valence-corrected chi connectivity index (χ3v) is 2.91. The molecule has 0 aromatic rings. The normalized spacial score (nSPS) is 27.2. The summed E-state index contributed by atoms with van der Waals surface area (Å²) in [4.78, 5) is 0. The molecule has 0 aliphatic carbocycles. The Bertz CT molecular complexity index is 106. The van der Waals surface area contributed by atoms with Crippen molar-refractivity contribution in [3.8, 4) is 0 Å². The molecule has 0 aromatic carbocycles. The van der Waals surface area contributed by atoms with Gasteiger partial charge in [-0.15, -0.1) is 0 Å². The average molecular weight is 139 g/mol. The molecule has 0 radical (unpaired) electrons. The summed E-state index contributed by atoms with van der Waals surface area (Å²) in [7, 11) is 2.28. The van der Waals surface area contributed by atoms with E-state index in [1.165, 1.54) is 25.7 Å². The minimum absolute atomic E-state index is 0.510. The van der Waals surface area contributed by atoms with E-state index in [0.717, 1.165) is 6.04 Å². The van der Waals surface area contributed by atoms with Gasteiger partial charge in [-0.1, -0.05) is 20.2 Å². The molecule has 1 aliphatic heterocycles. The second kappa shape index (κ2) is 2.95. The smallest absolute Gasteiger partial charge is 0.102 e. The number of hydrogen-bond donors (Lipinski definition) is 1. The SMILES string of the molecule is BCC(C)(C)C1CCCN1. The van der Waals surface area contributed by atoms with Crippen LogP contribution in [0.25, 0.3) is 0 Å². The highest BCUT2D eigenvalue weighted by atomic mass is 15.0. The van der Waals surface area contributed by atoms with Crippen LogP contribution in [0.3, 0.4) is 0 Å². The van der Waals surface area contributed by atoms with E-state index in [0.29, 0.717) is 5.41 Å². The lowest BCUT2D eigenvalue weighted by atomic mass is 9.73. The zero-order valence-electron chi connectivity index (χ0n) is 7.41. The molecule has 0 bridgehead atoms. The molecule has 1 atom stereocenters. The highest BCUT2D eigenvalue weighted by Gasteiger charge is 2.29. The predicted octanol–water partition coefficient (Wildman–Crippen LogP) is 0.816. The van der Waals surface area contributed by atoms with Crippen molar-refractivity contribution in [3.63, 3.8) is 0 Å². The van der Waals surface area contributed by atoms with Crippen LogP contribution < -0.4 is 5.32 Å². The summed E-state index contributed by atoms with van der Waals surface area (Å²) in [5.41, 5.74) is 0.510. The van der Waals surface area contributed by atoms with Crippen LogP contribution in [0.1, 0.15) is 26.7 Å². The van der Waals surface area contributed by atoms with Crippen LogP contribution in [0.2, 0.25) is 6.32 Å². The van der Waals surface area contributed by atoms with Gasteiger partial charge in [-0.25, -0.2) is 0 Å². The van der Waals surface area contributed by atoms with E-state index in [1.807, 2.05) is 0 Å². The van der Waals surface area contributed by atoms with E-state index in [9.17, 15) is 0 Å². The van der Waals surface area contributed by atoms with Crippen molar-refractivity contribution in [1.82, 2.24) is 5.32 Å². The Hall–Kier alpha value is 0.0249. The van der Waals surface area contributed by atoms with Gasteiger partial charge in [0.25, 0.3) is 0 Å². The van der Waals surface area contributed by atoms with Crippen LogP contribution in [0.5, 0.6) is 0 Å². The summed E-state index contributed by atoms with van der Waals surface area (Å²) < 4.78 is 0. The van der Waals surface area contributed by atoms with Gasteiger partial charge < -0.3 is 5.32 Å². The summed E-state index contributed by atoms with van der Waals surface area (Å²) >= 11 is 0. The molecule has 1 nitrogen and oxygen atoms in total. The summed E-state index contributed by atoms with van der Waals surface area (Å²) in [5, 5.41) is 3.55. The third-order valence-electron chi connectivity index (χ3n) is 2.91. The van der Waals surface area contributed by atoms with Crippen LogP contribution in [0.15, 0.2) is 0 Å². The lowest BCUT2D eigenvalue weighted by Crippen LogP contribution is -2.36. The fourth-order valence-electron chi connectivity index (χ4n) is 1.60. The molecular weight excluding hydrogens is 121 g/mol. The van der Waals surface area contributed by atoms with Crippen LogP contribution in [-0.4, -0.2) is 20.4 Å². The van der Waals surface area contributed by atoms with Gasteiger partial charge in [0.1, 0.15) is 7.85 Å². The van der Waals surface area contributed by atoms with Crippen molar-refractivity contribution >= 4 is 7.85 Å². The average Bonchev–Trinajstić information content (AvgIpc) is 2.38. The Morgan fingerprint density at radius 1 is 1.60 bits per heavy atom. The Labute approximate surface area is 65.0 Å². The van der Waals surface area contributed by atoms with E-state index >= 15 is 0 Å². The fraction of sp³-hybridized carbons (Fsp3) is 1.00. The quantitative estimate of drug-likeness (QED) is 0.558. The molecule has 1 N–H and O–H groups in total. The number of hydrogen-bond acceptors (Lipinski definition) is 1. The summed E-state index contributed by atoms with van der Waals surface area (Å²) in [5.74, 6) is 0. The van der Waals surface area contributed by atoms with E-state index < -0.39 is 0 Å². The molecule has 10 heavy (non-hydrogen) atoms. The fourth-order valence-corrected chi connectivity index (χ4v) is 1.60. The van der Waals surface area contributed by atoms with Gasteiger partial charge in [-0.3, -0.25) is 0 Å². The minimum Gasteiger partial charge on any atom is -0.313 e. The van der Waals surface area contributed by atoms with Gasteiger partial charge in [-0.2, -0.15) is 0 Å². The Balaban J connectivity index is 2.45. The van der Waals surface area contributed by atoms with Crippen LogP contribution in [0.4, 0.5) is 0 Å². The molecule has 1 rings (SSSR count). The molecule has 0 amide bonds. The maximum Gasteiger partial charge on any atom is 0.102 e. The molecule has 0 aromatic heterocycles.